The zero-order valence-electron chi connectivity index (χ0n) is 19.3. The van der Waals surface area contributed by atoms with Crippen LogP contribution in [0.15, 0.2) is 71.1 Å². The standard InChI is InChI=1S/C28H29NO4/c1-4-21(12-15-27-29-24-17-23(28(30)31-3)11-14-26(24)33-27)22-10-13-25(19(2)16-22)32-18-20-8-6-5-7-9-20/h5-11,13-14,16-17,21H,4,12,15,18H2,1-3H3. The minimum absolute atomic E-state index is 0.376. The Morgan fingerprint density at radius 2 is 1.88 bits per heavy atom. The molecule has 1 heterocycles. The smallest absolute Gasteiger partial charge is 0.337 e. The van der Waals surface area contributed by atoms with Crippen LogP contribution in [0.2, 0.25) is 0 Å². The normalized spacial score (nSPS) is 12.0. The number of carbonyl (C=O) groups is 1. The van der Waals surface area contributed by atoms with E-state index in [1.165, 1.54) is 12.7 Å². The molecule has 0 aliphatic carbocycles. The molecule has 0 saturated carbocycles. The first-order valence-electron chi connectivity index (χ1n) is 11.3. The van der Waals surface area contributed by atoms with Crippen molar-refractivity contribution in [3.63, 3.8) is 0 Å². The van der Waals surface area contributed by atoms with E-state index in [1.54, 1.807) is 18.2 Å². The van der Waals surface area contributed by atoms with Gasteiger partial charge in [0.15, 0.2) is 11.5 Å². The van der Waals surface area contributed by atoms with E-state index in [0.29, 0.717) is 35.1 Å². The number of aromatic nitrogens is 1. The SMILES string of the molecule is CCC(CCc1nc2cc(C(=O)OC)ccc2o1)c1ccc(OCc2ccccc2)c(C)c1. The number of hydrogen-bond acceptors (Lipinski definition) is 5. The second kappa shape index (κ2) is 10.3. The summed E-state index contributed by atoms with van der Waals surface area (Å²) < 4.78 is 16.7. The number of fused-ring (bicyclic) bond motifs is 1. The third kappa shape index (κ3) is 5.43. The topological polar surface area (TPSA) is 61.6 Å². The first-order valence-corrected chi connectivity index (χ1v) is 11.3. The van der Waals surface area contributed by atoms with Crippen molar-refractivity contribution >= 4 is 17.1 Å². The van der Waals surface area contributed by atoms with Gasteiger partial charge >= 0.3 is 5.97 Å². The van der Waals surface area contributed by atoms with Crippen LogP contribution in [0.3, 0.4) is 0 Å². The molecule has 0 fully saturated rings. The Labute approximate surface area is 194 Å². The van der Waals surface area contributed by atoms with E-state index in [4.69, 9.17) is 13.9 Å². The van der Waals surface area contributed by atoms with E-state index < -0.39 is 0 Å². The summed E-state index contributed by atoms with van der Waals surface area (Å²) in [4.78, 5) is 16.3. The number of oxazole rings is 1. The molecule has 170 valence electrons. The molecular weight excluding hydrogens is 414 g/mol. The molecule has 3 aromatic carbocycles. The predicted molar refractivity (Wildman–Crippen MR) is 129 cm³/mol. The van der Waals surface area contributed by atoms with E-state index >= 15 is 0 Å². The summed E-state index contributed by atoms with van der Waals surface area (Å²) in [5, 5.41) is 0. The zero-order valence-corrected chi connectivity index (χ0v) is 19.3. The molecule has 0 spiro atoms. The molecule has 0 aliphatic rings. The summed E-state index contributed by atoms with van der Waals surface area (Å²) in [5.74, 6) is 1.62. The lowest BCUT2D eigenvalue weighted by atomic mass is 9.90. The minimum atomic E-state index is -0.376. The van der Waals surface area contributed by atoms with E-state index in [2.05, 4.69) is 49.2 Å². The van der Waals surface area contributed by atoms with Gasteiger partial charge in [0.25, 0.3) is 0 Å². The van der Waals surface area contributed by atoms with Crippen molar-refractivity contribution in [2.75, 3.05) is 7.11 Å². The quantitative estimate of drug-likeness (QED) is 0.272. The van der Waals surface area contributed by atoms with Gasteiger partial charge in [0.05, 0.1) is 12.7 Å². The summed E-state index contributed by atoms with van der Waals surface area (Å²) in [6, 6.07) is 21.8. The number of ether oxygens (including phenoxy) is 2. The average Bonchev–Trinajstić information content (AvgIpc) is 3.26. The van der Waals surface area contributed by atoms with Gasteiger partial charge in [0.1, 0.15) is 17.9 Å². The Morgan fingerprint density at radius 1 is 1.06 bits per heavy atom. The van der Waals surface area contributed by atoms with Crippen LogP contribution < -0.4 is 4.74 Å². The third-order valence-corrected chi connectivity index (χ3v) is 5.96. The molecular formula is C28H29NO4. The molecule has 0 saturated heterocycles. The molecule has 1 unspecified atom stereocenters. The van der Waals surface area contributed by atoms with Crippen LogP contribution in [0.4, 0.5) is 0 Å². The molecule has 0 bridgehead atoms. The van der Waals surface area contributed by atoms with Crippen LogP contribution in [0.25, 0.3) is 11.1 Å². The lowest BCUT2D eigenvalue weighted by Gasteiger charge is -2.17. The van der Waals surface area contributed by atoms with Crippen molar-refractivity contribution in [2.45, 2.75) is 45.6 Å². The zero-order chi connectivity index (χ0) is 23.2. The van der Waals surface area contributed by atoms with E-state index in [-0.39, 0.29) is 5.97 Å². The van der Waals surface area contributed by atoms with Crippen LogP contribution in [-0.2, 0) is 17.8 Å². The van der Waals surface area contributed by atoms with Gasteiger partial charge in [-0.3, -0.25) is 0 Å². The van der Waals surface area contributed by atoms with E-state index in [1.807, 2.05) is 18.2 Å². The Hall–Kier alpha value is -3.60. The van der Waals surface area contributed by atoms with Gasteiger partial charge in [-0.25, -0.2) is 9.78 Å². The Morgan fingerprint density at radius 3 is 2.61 bits per heavy atom. The summed E-state index contributed by atoms with van der Waals surface area (Å²) in [6.07, 6.45) is 2.68. The molecule has 0 N–H and O–H groups in total. The highest BCUT2D eigenvalue weighted by Crippen LogP contribution is 2.30. The number of carbonyl (C=O) groups excluding carboxylic acids is 1. The molecule has 33 heavy (non-hydrogen) atoms. The molecule has 4 rings (SSSR count). The number of methoxy groups -OCH3 is 1. The number of hydrogen-bond donors (Lipinski definition) is 0. The predicted octanol–water partition coefficient (Wildman–Crippen LogP) is 6.63. The number of rotatable bonds is 9. The molecule has 0 radical (unpaired) electrons. The summed E-state index contributed by atoms with van der Waals surface area (Å²) in [6.45, 7) is 4.86. The van der Waals surface area contributed by atoms with Gasteiger partial charge in [-0.2, -0.15) is 0 Å². The Bertz CT molecular complexity index is 1230. The number of aryl methyl sites for hydroxylation is 2. The van der Waals surface area contributed by atoms with Crippen molar-refractivity contribution in [2.24, 2.45) is 0 Å². The Kier molecular flexibility index (Phi) is 7.08. The van der Waals surface area contributed by atoms with Gasteiger partial charge in [0.2, 0.25) is 0 Å². The molecule has 4 aromatic rings. The van der Waals surface area contributed by atoms with E-state index in [0.717, 1.165) is 36.1 Å². The van der Waals surface area contributed by atoms with Crippen molar-refractivity contribution in [1.29, 1.82) is 0 Å². The van der Waals surface area contributed by atoms with Crippen molar-refractivity contribution < 1.29 is 18.7 Å². The fourth-order valence-corrected chi connectivity index (χ4v) is 4.05. The fraction of sp³-hybridized carbons (Fsp3) is 0.286. The second-order valence-corrected chi connectivity index (χ2v) is 8.22. The lowest BCUT2D eigenvalue weighted by molar-refractivity contribution is 0.0601. The van der Waals surface area contributed by atoms with Crippen LogP contribution in [-0.4, -0.2) is 18.1 Å². The molecule has 5 nitrogen and oxygen atoms in total. The fourth-order valence-electron chi connectivity index (χ4n) is 4.05. The first-order chi connectivity index (χ1) is 16.1. The van der Waals surface area contributed by atoms with Gasteiger partial charge in [-0.1, -0.05) is 49.4 Å². The second-order valence-electron chi connectivity index (χ2n) is 8.22. The maximum absolute atomic E-state index is 11.7. The third-order valence-electron chi connectivity index (χ3n) is 5.96. The van der Waals surface area contributed by atoms with Crippen molar-refractivity contribution in [3.05, 3.63) is 94.9 Å². The maximum Gasteiger partial charge on any atom is 0.337 e. The number of nitrogens with zero attached hydrogens (tertiary/aromatic N) is 1. The highest BCUT2D eigenvalue weighted by atomic mass is 16.5. The Balaban J connectivity index is 1.41. The van der Waals surface area contributed by atoms with Gasteiger partial charge in [-0.05, 0) is 66.6 Å². The number of esters is 1. The molecule has 1 aromatic heterocycles. The average molecular weight is 444 g/mol. The molecule has 1 atom stereocenters. The summed E-state index contributed by atoms with van der Waals surface area (Å²) >= 11 is 0. The van der Waals surface area contributed by atoms with Crippen LogP contribution in [0.5, 0.6) is 5.75 Å². The summed E-state index contributed by atoms with van der Waals surface area (Å²) in [7, 11) is 1.37. The van der Waals surface area contributed by atoms with Gasteiger partial charge < -0.3 is 13.9 Å². The number of benzene rings is 3. The minimum Gasteiger partial charge on any atom is -0.489 e. The van der Waals surface area contributed by atoms with E-state index in [9.17, 15) is 4.79 Å². The van der Waals surface area contributed by atoms with Crippen molar-refractivity contribution in [3.8, 4) is 5.75 Å². The first kappa shape index (κ1) is 22.6. The van der Waals surface area contributed by atoms with Gasteiger partial charge in [0, 0.05) is 6.42 Å². The van der Waals surface area contributed by atoms with Gasteiger partial charge in [-0.15, -0.1) is 0 Å². The summed E-state index contributed by atoms with van der Waals surface area (Å²) in [5.41, 5.74) is 5.43. The van der Waals surface area contributed by atoms with Crippen molar-refractivity contribution in [1.82, 2.24) is 4.98 Å². The lowest BCUT2D eigenvalue weighted by Crippen LogP contribution is -2.02. The highest BCUT2D eigenvalue weighted by Gasteiger charge is 2.15. The molecule has 5 heteroatoms. The largest absolute Gasteiger partial charge is 0.489 e. The van der Waals surface area contributed by atoms with Crippen LogP contribution in [0.1, 0.15) is 58.6 Å². The maximum atomic E-state index is 11.7. The monoisotopic (exact) mass is 443 g/mol. The van der Waals surface area contributed by atoms with Crippen LogP contribution in [0, 0.1) is 6.92 Å². The molecule has 0 amide bonds. The van der Waals surface area contributed by atoms with Crippen LogP contribution >= 0.6 is 0 Å². The highest BCUT2D eigenvalue weighted by molar-refractivity contribution is 5.93. The molecule has 0 aliphatic heterocycles.